The summed E-state index contributed by atoms with van der Waals surface area (Å²) < 4.78 is 29.0. The Kier molecular flexibility index (Phi) is 11.7. The molecule has 230 valence electrons. The normalized spacial score (nSPS) is 11.9. The van der Waals surface area contributed by atoms with Crippen molar-refractivity contribution in [3.05, 3.63) is 129 Å². The maximum atomic E-state index is 14.4. The molecule has 0 saturated carbocycles. The molecule has 0 aliphatic rings. The van der Waals surface area contributed by atoms with Crippen LogP contribution in [0.15, 0.2) is 108 Å². The Labute approximate surface area is 273 Å². The van der Waals surface area contributed by atoms with E-state index in [-0.39, 0.29) is 39.5 Å². The summed E-state index contributed by atoms with van der Waals surface area (Å²) in [5, 5.41) is 3.41. The first-order valence-electron chi connectivity index (χ1n) is 14.0. The summed E-state index contributed by atoms with van der Waals surface area (Å²) in [7, 11) is -4.31. The van der Waals surface area contributed by atoms with Crippen molar-refractivity contribution in [2.45, 2.75) is 37.2 Å². The summed E-state index contributed by atoms with van der Waals surface area (Å²) in [6.45, 7) is 1.64. The molecule has 0 spiro atoms. The minimum atomic E-state index is -4.31. The molecule has 0 aliphatic heterocycles. The number of benzene rings is 4. The number of anilines is 1. The van der Waals surface area contributed by atoms with Gasteiger partial charge in [-0.2, -0.15) is 0 Å². The fraction of sp³-hybridized carbons (Fsp3) is 0.212. The van der Waals surface area contributed by atoms with E-state index < -0.39 is 28.5 Å². The van der Waals surface area contributed by atoms with Gasteiger partial charge < -0.3 is 10.2 Å². The van der Waals surface area contributed by atoms with E-state index in [1.54, 1.807) is 48.5 Å². The number of hydrogen-bond donors (Lipinski definition) is 1. The van der Waals surface area contributed by atoms with Gasteiger partial charge in [0, 0.05) is 24.5 Å². The molecular weight excluding hydrogens is 641 g/mol. The summed E-state index contributed by atoms with van der Waals surface area (Å²) in [6.07, 6.45) is 0.883. The molecule has 0 bridgehead atoms. The van der Waals surface area contributed by atoms with E-state index in [0.29, 0.717) is 23.6 Å². The monoisotopic (exact) mass is 671 g/mol. The zero-order valence-electron chi connectivity index (χ0n) is 24.0. The third-order valence-electron chi connectivity index (χ3n) is 6.93. The van der Waals surface area contributed by atoms with Crippen molar-refractivity contribution in [2.75, 3.05) is 17.4 Å². The molecule has 0 saturated heterocycles. The van der Waals surface area contributed by atoms with Gasteiger partial charge in [-0.15, -0.1) is 0 Å². The zero-order valence-corrected chi connectivity index (χ0v) is 27.1. The number of rotatable bonds is 13. The first kappa shape index (κ1) is 33.3. The van der Waals surface area contributed by atoms with Crippen LogP contribution in [0.5, 0.6) is 0 Å². The molecule has 1 N–H and O–H groups in total. The Balaban J connectivity index is 1.83. The molecule has 0 aliphatic carbocycles. The highest BCUT2D eigenvalue weighted by Gasteiger charge is 2.35. The molecule has 0 heterocycles. The van der Waals surface area contributed by atoms with Gasteiger partial charge in [-0.3, -0.25) is 13.9 Å². The minimum Gasteiger partial charge on any atom is -0.354 e. The third-order valence-corrected chi connectivity index (χ3v) is 9.88. The molecule has 0 radical (unpaired) electrons. The number of carbonyl (C=O) groups is 2. The Morgan fingerprint density at radius 3 is 2.07 bits per heavy atom. The molecule has 44 heavy (non-hydrogen) atoms. The number of halogens is 3. The first-order chi connectivity index (χ1) is 21.1. The highest BCUT2D eigenvalue weighted by atomic mass is 35.5. The van der Waals surface area contributed by atoms with E-state index in [9.17, 15) is 18.0 Å². The van der Waals surface area contributed by atoms with E-state index in [1.807, 2.05) is 37.3 Å². The summed E-state index contributed by atoms with van der Waals surface area (Å²) in [6, 6.07) is 27.6. The van der Waals surface area contributed by atoms with Crippen molar-refractivity contribution in [2.24, 2.45) is 0 Å². The van der Waals surface area contributed by atoms with Crippen LogP contribution in [0.2, 0.25) is 15.1 Å². The van der Waals surface area contributed by atoms with Gasteiger partial charge in [-0.1, -0.05) is 115 Å². The predicted octanol–water partition coefficient (Wildman–Crippen LogP) is 7.01. The van der Waals surface area contributed by atoms with Crippen LogP contribution in [-0.2, 0) is 32.6 Å². The Morgan fingerprint density at radius 1 is 0.795 bits per heavy atom. The lowest BCUT2D eigenvalue weighted by Crippen LogP contribution is -2.53. The third kappa shape index (κ3) is 8.12. The summed E-state index contributed by atoms with van der Waals surface area (Å²) >= 11 is 19.3. The molecule has 0 aromatic heterocycles. The molecule has 1 atom stereocenters. The first-order valence-corrected chi connectivity index (χ1v) is 16.6. The lowest BCUT2D eigenvalue weighted by molar-refractivity contribution is -0.140. The fourth-order valence-electron chi connectivity index (χ4n) is 4.65. The van der Waals surface area contributed by atoms with Crippen LogP contribution in [0.4, 0.5) is 5.69 Å². The van der Waals surface area contributed by atoms with Crippen molar-refractivity contribution in [3.8, 4) is 0 Å². The summed E-state index contributed by atoms with van der Waals surface area (Å²) in [4.78, 5) is 29.5. The van der Waals surface area contributed by atoms with Crippen molar-refractivity contribution in [3.63, 3.8) is 0 Å². The zero-order chi connectivity index (χ0) is 31.7. The molecule has 0 fully saturated rings. The number of sulfonamides is 1. The SMILES string of the molecule is CCCNC(=O)[C@H](Cc1ccccc1)N(Cc1ccccc1Cl)C(=O)CN(c1cccc(Cl)c1Cl)S(=O)(=O)c1ccccc1. The Morgan fingerprint density at radius 2 is 1.41 bits per heavy atom. The van der Waals surface area contributed by atoms with Crippen molar-refractivity contribution in [1.82, 2.24) is 10.2 Å². The molecule has 11 heteroatoms. The quantitative estimate of drug-likeness (QED) is 0.166. The lowest BCUT2D eigenvalue weighted by atomic mass is 10.0. The topological polar surface area (TPSA) is 86.8 Å². The molecule has 4 aromatic carbocycles. The number of hydrogen-bond acceptors (Lipinski definition) is 4. The molecular formula is C33H32Cl3N3O4S. The van der Waals surface area contributed by atoms with E-state index in [2.05, 4.69) is 5.32 Å². The average molecular weight is 673 g/mol. The van der Waals surface area contributed by atoms with E-state index in [4.69, 9.17) is 34.8 Å². The fourth-order valence-corrected chi connectivity index (χ4v) is 6.74. The van der Waals surface area contributed by atoms with Crippen LogP contribution in [0.25, 0.3) is 0 Å². The van der Waals surface area contributed by atoms with Crippen LogP contribution in [0.3, 0.4) is 0 Å². The average Bonchev–Trinajstić information content (AvgIpc) is 3.03. The molecule has 2 amide bonds. The highest BCUT2D eigenvalue weighted by molar-refractivity contribution is 7.92. The number of nitrogens with zero attached hydrogens (tertiary/aromatic N) is 2. The smallest absolute Gasteiger partial charge is 0.264 e. The second-order valence-electron chi connectivity index (χ2n) is 10.0. The predicted molar refractivity (Wildman–Crippen MR) is 177 cm³/mol. The van der Waals surface area contributed by atoms with Gasteiger partial charge in [0.2, 0.25) is 11.8 Å². The van der Waals surface area contributed by atoms with Crippen LogP contribution in [0.1, 0.15) is 24.5 Å². The van der Waals surface area contributed by atoms with Gasteiger partial charge in [-0.05, 0) is 47.9 Å². The van der Waals surface area contributed by atoms with Crippen LogP contribution >= 0.6 is 34.8 Å². The van der Waals surface area contributed by atoms with Crippen LogP contribution in [0, 0.1) is 0 Å². The van der Waals surface area contributed by atoms with Crippen molar-refractivity contribution < 1.29 is 18.0 Å². The van der Waals surface area contributed by atoms with Crippen molar-refractivity contribution in [1.29, 1.82) is 0 Å². The Bertz CT molecular complexity index is 1690. The largest absolute Gasteiger partial charge is 0.354 e. The van der Waals surface area contributed by atoms with Gasteiger partial charge in [0.25, 0.3) is 10.0 Å². The lowest BCUT2D eigenvalue weighted by Gasteiger charge is -2.34. The highest BCUT2D eigenvalue weighted by Crippen LogP contribution is 2.35. The number of nitrogens with one attached hydrogen (secondary N) is 1. The standard InChI is InChI=1S/C33H32Cl3N3O4S/c1-2-20-37-33(41)30(21-24-12-5-3-6-13-24)38(22-25-14-9-10-17-27(25)34)31(40)23-39(29-19-11-18-28(35)32(29)36)44(42,43)26-15-7-4-8-16-26/h3-19,30H,2,20-23H2,1H3,(H,37,41)/t30-/m0/s1. The second kappa shape index (κ2) is 15.4. The van der Waals surface area contributed by atoms with Gasteiger partial charge in [-0.25, -0.2) is 8.42 Å². The maximum absolute atomic E-state index is 14.4. The van der Waals surface area contributed by atoms with Gasteiger partial charge in [0.15, 0.2) is 0 Å². The molecule has 7 nitrogen and oxygen atoms in total. The second-order valence-corrected chi connectivity index (χ2v) is 13.1. The molecule has 4 rings (SSSR count). The Hall–Kier alpha value is -3.56. The van der Waals surface area contributed by atoms with Gasteiger partial charge in [0.1, 0.15) is 12.6 Å². The van der Waals surface area contributed by atoms with Crippen molar-refractivity contribution >= 4 is 62.3 Å². The van der Waals surface area contributed by atoms with Gasteiger partial charge >= 0.3 is 0 Å². The van der Waals surface area contributed by atoms with Crippen LogP contribution < -0.4 is 9.62 Å². The molecule has 0 unspecified atom stereocenters. The minimum absolute atomic E-state index is 0.0272. The summed E-state index contributed by atoms with van der Waals surface area (Å²) in [5.74, 6) is -0.998. The molecule has 4 aromatic rings. The van der Waals surface area contributed by atoms with E-state index >= 15 is 0 Å². The van der Waals surface area contributed by atoms with E-state index in [1.165, 1.54) is 29.2 Å². The number of carbonyl (C=O) groups excluding carboxylic acids is 2. The van der Waals surface area contributed by atoms with Crippen LogP contribution in [-0.4, -0.2) is 44.3 Å². The summed E-state index contributed by atoms with van der Waals surface area (Å²) in [5.41, 5.74) is 1.46. The number of amides is 2. The van der Waals surface area contributed by atoms with Gasteiger partial charge in [0.05, 0.1) is 20.6 Å². The van der Waals surface area contributed by atoms with E-state index in [0.717, 1.165) is 9.87 Å². The maximum Gasteiger partial charge on any atom is 0.264 e.